The predicted molar refractivity (Wildman–Crippen MR) is 189 cm³/mol. The molecule has 7 nitrogen and oxygen atoms in total. The van der Waals surface area contributed by atoms with Gasteiger partial charge in [-0.3, -0.25) is 14.8 Å². The lowest BCUT2D eigenvalue weighted by Gasteiger charge is -2.12. The molecule has 0 spiro atoms. The Morgan fingerprint density at radius 2 is 1.30 bits per heavy atom. The molecule has 47 heavy (non-hydrogen) atoms. The first-order chi connectivity index (χ1) is 22.8. The van der Waals surface area contributed by atoms with Gasteiger partial charge in [0.2, 0.25) is 5.78 Å². The van der Waals surface area contributed by atoms with E-state index in [1.165, 1.54) is 12.4 Å². The second-order valence-corrected chi connectivity index (χ2v) is 11.5. The molecule has 0 saturated heterocycles. The summed E-state index contributed by atoms with van der Waals surface area (Å²) in [6.45, 7) is 0.299. The van der Waals surface area contributed by atoms with Crippen molar-refractivity contribution in [3.05, 3.63) is 147 Å². The van der Waals surface area contributed by atoms with Gasteiger partial charge in [-0.1, -0.05) is 75.7 Å². The van der Waals surface area contributed by atoms with Crippen molar-refractivity contribution in [2.75, 3.05) is 0 Å². The van der Waals surface area contributed by atoms with Crippen molar-refractivity contribution >= 4 is 57.9 Å². The average molecular weight is 699 g/mol. The van der Waals surface area contributed by atoms with Crippen molar-refractivity contribution < 1.29 is 10.0 Å². The van der Waals surface area contributed by atoms with Crippen molar-refractivity contribution in [2.45, 2.75) is 6.54 Å². The maximum absolute atomic E-state index is 12.1. The van der Waals surface area contributed by atoms with Gasteiger partial charge in [-0.15, -0.1) is 6.42 Å². The average Bonchev–Trinajstić information content (AvgIpc) is 3.45. The number of halogens is 4. The van der Waals surface area contributed by atoms with Crippen LogP contribution in [0.4, 0.5) is 0 Å². The maximum atomic E-state index is 12.1. The second kappa shape index (κ2) is 15.5. The SMILES string of the molecule is C#CCn1c(-c2c(Cl)cccc2Cl)nc(-c2ccncc2)c1-c1ccc(Cl)cc1.O=C(C(=NO)c1ccncc1)c1ccc(Cl)cc1. The molecule has 0 fully saturated rings. The summed E-state index contributed by atoms with van der Waals surface area (Å²) in [6.07, 6.45) is 12.2. The van der Waals surface area contributed by atoms with Crippen LogP contribution in [0.1, 0.15) is 15.9 Å². The molecule has 0 aliphatic rings. The van der Waals surface area contributed by atoms with Gasteiger partial charge in [0.1, 0.15) is 5.82 Å². The Morgan fingerprint density at radius 3 is 1.85 bits per heavy atom. The summed E-state index contributed by atoms with van der Waals surface area (Å²) >= 11 is 24.8. The van der Waals surface area contributed by atoms with Crippen LogP contribution in [0.3, 0.4) is 0 Å². The van der Waals surface area contributed by atoms with Crippen LogP contribution in [0.15, 0.2) is 121 Å². The minimum absolute atomic E-state index is 0.0280. The fourth-order valence-electron chi connectivity index (χ4n) is 4.69. The minimum atomic E-state index is -0.375. The molecule has 1 N–H and O–H groups in total. The topological polar surface area (TPSA) is 93.3 Å². The highest BCUT2D eigenvalue weighted by Gasteiger charge is 2.23. The molecule has 232 valence electrons. The van der Waals surface area contributed by atoms with Crippen molar-refractivity contribution in [1.82, 2.24) is 19.5 Å². The number of nitrogens with zero attached hydrogens (tertiary/aromatic N) is 5. The Kier molecular flexibility index (Phi) is 11.0. The van der Waals surface area contributed by atoms with Crippen LogP contribution in [-0.4, -0.2) is 36.2 Å². The molecule has 0 aliphatic carbocycles. The number of carbonyl (C=O) groups is 1. The third-order valence-corrected chi connectivity index (χ3v) is 7.98. The quantitative estimate of drug-likeness (QED) is 0.0589. The van der Waals surface area contributed by atoms with Gasteiger partial charge >= 0.3 is 0 Å². The van der Waals surface area contributed by atoms with E-state index in [1.54, 1.807) is 67.0 Å². The number of aromatic nitrogens is 4. The van der Waals surface area contributed by atoms with Gasteiger partial charge in [0.05, 0.1) is 33.5 Å². The lowest BCUT2D eigenvalue weighted by molar-refractivity contribution is 0.106. The second-order valence-electron chi connectivity index (χ2n) is 9.78. The van der Waals surface area contributed by atoms with Crippen molar-refractivity contribution in [1.29, 1.82) is 0 Å². The van der Waals surface area contributed by atoms with Gasteiger partial charge in [0, 0.05) is 57.1 Å². The van der Waals surface area contributed by atoms with Crippen molar-refractivity contribution in [2.24, 2.45) is 5.16 Å². The molecule has 0 radical (unpaired) electrons. The van der Waals surface area contributed by atoms with Gasteiger partial charge in [0.15, 0.2) is 5.71 Å². The Hall–Kier alpha value is -4.97. The maximum Gasteiger partial charge on any atom is 0.215 e. The molecule has 0 amide bonds. The number of benzene rings is 3. The summed E-state index contributed by atoms with van der Waals surface area (Å²) in [4.78, 5) is 25.0. The summed E-state index contributed by atoms with van der Waals surface area (Å²) in [6, 6.07) is 26.3. The summed E-state index contributed by atoms with van der Waals surface area (Å²) < 4.78 is 1.95. The van der Waals surface area contributed by atoms with E-state index in [-0.39, 0.29) is 11.5 Å². The highest BCUT2D eigenvalue weighted by atomic mass is 35.5. The van der Waals surface area contributed by atoms with Gasteiger partial charge < -0.3 is 9.77 Å². The highest BCUT2D eigenvalue weighted by Crippen LogP contribution is 2.40. The Labute approximate surface area is 291 Å². The van der Waals surface area contributed by atoms with Gasteiger partial charge in [-0.2, -0.15) is 0 Å². The van der Waals surface area contributed by atoms with E-state index in [1.807, 2.05) is 41.0 Å². The largest absolute Gasteiger partial charge is 0.410 e. The van der Waals surface area contributed by atoms with Crippen LogP contribution in [-0.2, 0) is 6.54 Å². The van der Waals surface area contributed by atoms with Gasteiger partial charge in [-0.05, 0) is 72.8 Å². The van der Waals surface area contributed by atoms with E-state index >= 15 is 0 Å². The minimum Gasteiger partial charge on any atom is -0.410 e. The monoisotopic (exact) mass is 697 g/mol. The van der Waals surface area contributed by atoms with E-state index in [0.717, 1.165) is 22.5 Å². The van der Waals surface area contributed by atoms with Crippen LogP contribution in [0.2, 0.25) is 20.1 Å². The number of Topliss-reactive ketones (excluding diaryl/α,β-unsaturated/α-hetero) is 1. The summed E-state index contributed by atoms with van der Waals surface area (Å²) in [5, 5.41) is 14.2. The Morgan fingerprint density at radius 1 is 0.745 bits per heavy atom. The molecule has 3 aromatic heterocycles. The van der Waals surface area contributed by atoms with Gasteiger partial charge in [-0.25, -0.2) is 4.98 Å². The molecule has 6 rings (SSSR count). The predicted octanol–water partition coefficient (Wildman–Crippen LogP) is 9.67. The molecule has 0 saturated carbocycles. The lowest BCUT2D eigenvalue weighted by atomic mass is 10.0. The highest BCUT2D eigenvalue weighted by molar-refractivity contribution is 6.51. The third-order valence-electron chi connectivity index (χ3n) is 6.85. The first kappa shape index (κ1) is 33.4. The molecular weight excluding hydrogens is 676 g/mol. The summed E-state index contributed by atoms with van der Waals surface area (Å²) in [7, 11) is 0. The summed E-state index contributed by atoms with van der Waals surface area (Å²) in [5.74, 6) is 2.95. The number of hydrogen-bond donors (Lipinski definition) is 1. The molecule has 3 heterocycles. The van der Waals surface area contributed by atoms with Crippen molar-refractivity contribution in [3.8, 4) is 46.2 Å². The van der Waals surface area contributed by atoms with Crippen molar-refractivity contribution in [3.63, 3.8) is 0 Å². The van der Waals surface area contributed by atoms with Crippen LogP contribution in [0, 0.1) is 12.3 Å². The number of carbonyl (C=O) groups excluding carboxylic acids is 1. The number of terminal acetylenes is 1. The fraction of sp³-hybridized carbons (Fsp3) is 0.0278. The zero-order valence-electron chi connectivity index (χ0n) is 24.4. The van der Waals surface area contributed by atoms with Crippen LogP contribution in [0.25, 0.3) is 33.9 Å². The Balaban J connectivity index is 0.000000207. The summed E-state index contributed by atoms with van der Waals surface area (Å²) in [5.41, 5.74) is 4.98. The molecular formula is C36H23Cl4N5O2. The zero-order valence-corrected chi connectivity index (χ0v) is 27.4. The molecule has 0 aliphatic heterocycles. The van der Waals surface area contributed by atoms with E-state index in [0.29, 0.717) is 49.2 Å². The fourth-order valence-corrected chi connectivity index (χ4v) is 5.51. The molecule has 0 atom stereocenters. The van der Waals surface area contributed by atoms with Crippen LogP contribution in [0.5, 0.6) is 0 Å². The molecule has 3 aromatic carbocycles. The third kappa shape index (κ3) is 7.71. The molecule has 0 bridgehead atoms. The van der Waals surface area contributed by atoms with E-state index in [4.69, 9.17) is 63.0 Å². The first-order valence-corrected chi connectivity index (χ1v) is 15.4. The molecule has 6 aromatic rings. The number of ketones is 1. The number of pyridine rings is 2. The van der Waals surface area contributed by atoms with Crippen LogP contribution < -0.4 is 0 Å². The normalized spacial score (nSPS) is 10.9. The number of imidazole rings is 1. The van der Waals surface area contributed by atoms with Crippen LogP contribution >= 0.6 is 46.4 Å². The Bertz CT molecular complexity index is 2060. The number of oxime groups is 1. The zero-order chi connectivity index (χ0) is 33.3. The molecule has 11 heteroatoms. The molecule has 0 unspecified atom stereocenters. The first-order valence-electron chi connectivity index (χ1n) is 13.9. The van der Waals surface area contributed by atoms with Gasteiger partial charge in [0.25, 0.3) is 0 Å². The standard InChI is InChI=1S/C23H14Cl3N3.C13H9ClN2O2/c1-2-14-29-22(16-6-8-17(24)9-7-16)21(15-10-12-27-13-11-15)28-23(29)20-18(25)4-3-5-19(20)26;14-11-3-1-10(2-4-11)13(17)12(16-18)9-5-7-15-8-6-9/h1,3-13H,14H2;1-8,18H. The smallest absolute Gasteiger partial charge is 0.215 e. The van der Waals surface area contributed by atoms with E-state index in [9.17, 15) is 4.79 Å². The number of rotatable bonds is 7. The lowest BCUT2D eigenvalue weighted by Crippen LogP contribution is -2.15. The number of hydrogen-bond acceptors (Lipinski definition) is 6. The van der Waals surface area contributed by atoms with E-state index < -0.39 is 0 Å². The van der Waals surface area contributed by atoms with E-state index in [2.05, 4.69) is 21.0 Å².